The summed E-state index contributed by atoms with van der Waals surface area (Å²) in [6, 6.07) is 8.35. The highest BCUT2D eigenvalue weighted by Crippen LogP contribution is 2.31. The Bertz CT molecular complexity index is 1090. The van der Waals surface area contributed by atoms with Gasteiger partial charge in [-0.25, -0.2) is 8.42 Å². The van der Waals surface area contributed by atoms with Gasteiger partial charge < -0.3 is 10.1 Å². The quantitative estimate of drug-likeness (QED) is 0.570. The van der Waals surface area contributed by atoms with Crippen LogP contribution in [0.4, 0.5) is 5.69 Å². The van der Waals surface area contributed by atoms with E-state index >= 15 is 0 Å². The average Bonchev–Trinajstić information content (AvgIpc) is 2.75. The molecule has 1 fully saturated rings. The Kier molecular flexibility index (Phi) is 7.68. The van der Waals surface area contributed by atoms with Crippen LogP contribution in [-0.2, 0) is 21.2 Å². The first-order chi connectivity index (χ1) is 14.7. The fourth-order valence-electron chi connectivity index (χ4n) is 3.83. The molecule has 1 aliphatic heterocycles. The zero-order valence-electron chi connectivity index (χ0n) is 17.7. The molecule has 6 nitrogen and oxygen atoms in total. The highest BCUT2D eigenvalue weighted by molar-refractivity contribution is 9.10. The predicted octanol–water partition coefficient (Wildman–Crippen LogP) is 5.02. The minimum atomic E-state index is -3.77. The normalized spacial score (nSPS) is 17.4. The third-order valence-electron chi connectivity index (χ3n) is 5.53. The summed E-state index contributed by atoms with van der Waals surface area (Å²) in [5, 5.41) is 3.27. The van der Waals surface area contributed by atoms with Crippen molar-refractivity contribution in [3.63, 3.8) is 0 Å². The molecule has 0 saturated carbocycles. The van der Waals surface area contributed by atoms with Crippen LogP contribution in [0.5, 0.6) is 5.75 Å². The van der Waals surface area contributed by atoms with Gasteiger partial charge in [0.25, 0.3) is 0 Å². The second-order valence-electron chi connectivity index (χ2n) is 7.60. The molecule has 1 atom stereocenters. The van der Waals surface area contributed by atoms with Crippen molar-refractivity contribution in [2.24, 2.45) is 5.92 Å². The smallest absolute Gasteiger partial charge is 0.243 e. The van der Waals surface area contributed by atoms with Crippen molar-refractivity contribution < 1.29 is 17.9 Å². The van der Waals surface area contributed by atoms with Gasteiger partial charge in [-0.3, -0.25) is 4.79 Å². The molecule has 0 aliphatic carbocycles. The Morgan fingerprint density at radius 3 is 2.71 bits per heavy atom. The number of benzene rings is 2. The van der Waals surface area contributed by atoms with E-state index in [1.807, 2.05) is 26.0 Å². The number of anilines is 1. The van der Waals surface area contributed by atoms with Crippen molar-refractivity contribution in [3.8, 4) is 5.75 Å². The summed E-state index contributed by atoms with van der Waals surface area (Å²) in [6.07, 6.45) is 2.03. The number of carbonyl (C=O) groups excluding carboxylic acids is 1. The van der Waals surface area contributed by atoms with Gasteiger partial charge in [0, 0.05) is 23.2 Å². The van der Waals surface area contributed by atoms with Crippen LogP contribution in [0.15, 0.2) is 39.7 Å². The molecule has 31 heavy (non-hydrogen) atoms. The number of piperidine rings is 1. The monoisotopic (exact) mass is 528 g/mol. The van der Waals surface area contributed by atoms with E-state index in [4.69, 9.17) is 16.3 Å². The van der Waals surface area contributed by atoms with E-state index in [2.05, 4.69) is 21.2 Å². The lowest BCUT2D eigenvalue weighted by atomic mass is 9.98. The summed E-state index contributed by atoms with van der Waals surface area (Å²) in [4.78, 5) is 13.1. The zero-order valence-corrected chi connectivity index (χ0v) is 20.9. The van der Waals surface area contributed by atoms with Gasteiger partial charge >= 0.3 is 0 Å². The number of carbonyl (C=O) groups is 1. The van der Waals surface area contributed by atoms with Crippen LogP contribution in [-0.4, -0.2) is 38.8 Å². The molecule has 1 amide bonds. The highest BCUT2D eigenvalue weighted by Gasteiger charge is 2.34. The largest absolute Gasteiger partial charge is 0.495 e. The number of ether oxygens (including phenoxy) is 1. The van der Waals surface area contributed by atoms with Gasteiger partial charge in [0.15, 0.2) is 0 Å². The Hall–Kier alpha value is -1.61. The SMILES string of the molecule is CCc1cc(Br)cc(C)c1NC(=O)C1CCCN(S(=O)(=O)c2ccc(OC)c(Cl)c2)C1. The molecule has 9 heteroatoms. The number of nitrogens with zero attached hydrogens (tertiary/aromatic N) is 1. The van der Waals surface area contributed by atoms with Crippen LogP contribution >= 0.6 is 27.5 Å². The third-order valence-corrected chi connectivity index (χ3v) is 8.14. The lowest BCUT2D eigenvalue weighted by molar-refractivity contribution is -0.120. The van der Waals surface area contributed by atoms with Crippen LogP contribution in [0, 0.1) is 12.8 Å². The number of rotatable bonds is 6. The van der Waals surface area contributed by atoms with E-state index in [0.717, 1.165) is 27.7 Å². The molecule has 2 aromatic rings. The number of nitrogens with one attached hydrogen (secondary N) is 1. The molecule has 1 saturated heterocycles. The molecule has 1 aliphatic rings. The number of aryl methyl sites for hydroxylation is 2. The predicted molar refractivity (Wildman–Crippen MR) is 126 cm³/mol. The fourth-order valence-corrected chi connectivity index (χ4v) is 6.32. The summed E-state index contributed by atoms with van der Waals surface area (Å²) < 4.78 is 33.7. The summed E-state index contributed by atoms with van der Waals surface area (Å²) >= 11 is 9.62. The second kappa shape index (κ2) is 9.90. The summed E-state index contributed by atoms with van der Waals surface area (Å²) in [5.41, 5.74) is 2.80. The van der Waals surface area contributed by atoms with Crippen molar-refractivity contribution in [3.05, 3.63) is 51.0 Å². The second-order valence-corrected chi connectivity index (χ2v) is 10.9. The molecule has 3 rings (SSSR count). The van der Waals surface area contributed by atoms with Crippen LogP contribution in [0.2, 0.25) is 5.02 Å². The molecule has 0 bridgehead atoms. The van der Waals surface area contributed by atoms with Crippen molar-refractivity contribution in [2.45, 2.75) is 38.0 Å². The van der Waals surface area contributed by atoms with Gasteiger partial charge in [-0.05, 0) is 67.6 Å². The molecule has 1 heterocycles. The molecule has 2 aromatic carbocycles. The minimum absolute atomic E-state index is 0.0939. The van der Waals surface area contributed by atoms with E-state index in [0.29, 0.717) is 25.1 Å². The lowest BCUT2D eigenvalue weighted by Crippen LogP contribution is -2.43. The Morgan fingerprint density at radius 2 is 2.06 bits per heavy atom. The van der Waals surface area contributed by atoms with Gasteiger partial charge in [-0.2, -0.15) is 4.31 Å². The van der Waals surface area contributed by atoms with Crippen LogP contribution in [0.25, 0.3) is 0 Å². The summed E-state index contributed by atoms with van der Waals surface area (Å²) in [5.74, 6) is -0.175. The number of methoxy groups -OCH3 is 1. The first kappa shape index (κ1) is 24.0. The van der Waals surface area contributed by atoms with E-state index in [9.17, 15) is 13.2 Å². The van der Waals surface area contributed by atoms with Gasteiger partial charge in [-0.15, -0.1) is 0 Å². The number of halogens is 2. The molecule has 0 spiro atoms. The lowest BCUT2D eigenvalue weighted by Gasteiger charge is -2.31. The molecule has 0 radical (unpaired) electrons. The molecule has 168 valence electrons. The van der Waals surface area contributed by atoms with Crippen molar-refractivity contribution >= 4 is 49.1 Å². The maximum atomic E-state index is 13.1. The Morgan fingerprint density at radius 1 is 1.32 bits per heavy atom. The molecule has 0 aromatic heterocycles. The van der Waals surface area contributed by atoms with Gasteiger partial charge in [0.1, 0.15) is 5.75 Å². The van der Waals surface area contributed by atoms with Crippen molar-refractivity contribution in [1.29, 1.82) is 0 Å². The van der Waals surface area contributed by atoms with Crippen LogP contribution in [0.3, 0.4) is 0 Å². The summed E-state index contributed by atoms with van der Waals surface area (Å²) in [7, 11) is -2.30. The Balaban J connectivity index is 1.79. The van der Waals surface area contributed by atoms with E-state index in [1.54, 1.807) is 0 Å². The van der Waals surface area contributed by atoms with E-state index in [1.165, 1.54) is 29.6 Å². The maximum Gasteiger partial charge on any atom is 0.243 e. The number of hydrogen-bond acceptors (Lipinski definition) is 4. The van der Waals surface area contributed by atoms with Gasteiger partial charge in [-0.1, -0.05) is 34.5 Å². The minimum Gasteiger partial charge on any atom is -0.495 e. The van der Waals surface area contributed by atoms with E-state index < -0.39 is 15.9 Å². The van der Waals surface area contributed by atoms with Crippen molar-refractivity contribution in [1.82, 2.24) is 4.31 Å². The highest BCUT2D eigenvalue weighted by atomic mass is 79.9. The molecule has 1 N–H and O–H groups in total. The molecule has 1 unspecified atom stereocenters. The standard InChI is InChI=1S/C22H26BrClN2O4S/c1-4-15-11-17(23)10-14(2)21(15)25-22(27)16-6-5-9-26(13-16)31(28,29)18-7-8-20(30-3)19(24)12-18/h7-8,10-12,16H,4-6,9,13H2,1-3H3,(H,25,27). The molecular formula is C22H26BrClN2O4S. The number of amides is 1. The maximum absolute atomic E-state index is 13.1. The Labute approximate surface area is 197 Å². The topological polar surface area (TPSA) is 75.7 Å². The molecular weight excluding hydrogens is 504 g/mol. The van der Waals surface area contributed by atoms with E-state index in [-0.39, 0.29) is 22.4 Å². The zero-order chi connectivity index (χ0) is 22.8. The average molecular weight is 530 g/mol. The third kappa shape index (κ3) is 5.25. The van der Waals surface area contributed by atoms with Gasteiger partial charge in [0.2, 0.25) is 15.9 Å². The fraction of sp³-hybridized carbons (Fsp3) is 0.409. The van der Waals surface area contributed by atoms with Gasteiger partial charge in [0.05, 0.1) is 22.9 Å². The van der Waals surface area contributed by atoms with Crippen molar-refractivity contribution in [2.75, 3.05) is 25.5 Å². The first-order valence-electron chi connectivity index (χ1n) is 10.1. The van der Waals surface area contributed by atoms with Crippen LogP contribution < -0.4 is 10.1 Å². The van der Waals surface area contributed by atoms with Crippen LogP contribution in [0.1, 0.15) is 30.9 Å². The first-order valence-corrected chi connectivity index (χ1v) is 12.7. The number of sulfonamides is 1. The summed E-state index contributed by atoms with van der Waals surface area (Å²) in [6.45, 7) is 4.48. The number of hydrogen-bond donors (Lipinski definition) is 1.